The summed E-state index contributed by atoms with van der Waals surface area (Å²) in [4.78, 5) is 14.3. The monoisotopic (exact) mass is 278 g/mol. The van der Waals surface area contributed by atoms with Crippen LogP contribution in [0.1, 0.15) is 32.6 Å². The molecule has 2 aliphatic rings. The van der Waals surface area contributed by atoms with Crippen molar-refractivity contribution in [2.75, 3.05) is 33.2 Å². The highest BCUT2D eigenvalue weighted by molar-refractivity contribution is 5.79. The van der Waals surface area contributed by atoms with Crippen molar-refractivity contribution in [2.45, 2.75) is 38.1 Å². The molecule has 1 saturated carbocycles. The Bertz CT molecular complexity index is 380. The van der Waals surface area contributed by atoms with Crippen LogP contribution in [0.5, 0.6) is 0 Å². The van der Waals surface area contributed by atoms with Crippen LogP contribution in [0.3, 0.4) is 0 Å². The van der Waals surface area contributed by atoms with Crippen LogP contribution in [-0.4, -0.2) is 49.6 Å². The standard InChI is InChI=1S/C15H26N4O/c1-15(11-16,13-3-4-13)18-14(20)10-19-7-5-12(6-8-19)9-17-2/h12-13,17H,3-10H2,1-2H3,(H,18,20). The minimum atomic E-state index is -0.665. The van der Waals surface area contributed by atoms with Gasteiger partial charge in [-0.1, -0.05) is 0 Å². The number of likely N-dealkylation sites (tertiary alicyclic amines) is 1. The summed E-state index contributed by atoms with van der Waals surface area (Å²) in [5.41, 5.74) is -0.665. The number of rotatable bonds is 6. The molecular formula is C15H26N4O. The van der Waals surface area contributed by atoms with Crippen molar-refractivity contribution in [3.63, 3.8) is 0 Å². The van der Waals surface area contributed by atoms with E-state index in [-0.39, 0.29) is 5.91 Å². The minimum absolute atomic E-state index is 0.00647. The van der Waals surface area contributed by atoms with Crippen LogP contribution < -0.4 is 10.6 Å². The summed E-state index contributed by atoms with van der Waals surface area (Å²) in [5.74, 6) is 1.07. The summed E-state index contributed by atoms with van der Waals surface area (Å²) in [6.07, 6.45) is 4.40. The van der Waals surface area contributed by atoms with Gasteiger partial charge in [-0.05, 0) is 71.1 Å². The second kappa shape index (κ2) is 6.55. The fourth-order valence-corrected chi connectivity index (χ4v) is 3.05. The summed E-state index contributed by atoms with van der Waals surface area (Å²) in [6.45, 7) is 5.30. The molecule has 112 valence electrons. The first kappa shape index (κ1) is 15.3. The molecule has 20 heavy (non-hydrogen) atoms. The molecule has 1 atom stereocenters. The first-order valence-electron chi connectivity index (χ1n) is 7.66. The highest BCUT2D eigenvalue weighted by atomic mass is 16.2. The quantitative estimate of drug-likeness (QED) is 0.751. The summed E-state index contributed by atoms with van der Waals surface area (Å²) < 4.78 is 0. The van der Waals surface area contributed by atoms with Crippen LogP contribution in [0.25, 0.3) is 0 Å². The fraction of sp³-hybridized carbons (Fsp3) is 0.867. The smallest absolute Gasteiger partial charge is 0.235 e. The lowest BCUT2D eigenvalue weighted by atomic mass is 9.96. The van der Waals surface area contributed by atoms with Gasteiger partial charge in [-0.25, -0.2) is 0 Å². The van der Waals surface area contributed by atoms with Crippen molar-refractivity contribution in [3.05, 3.63) is 0 Å². The fourth-order valence-electron chi connectivity index (χ4n) is 3.05. The Labute approximate surface area is 121 Å². The topological polar surface area (TPSA) is 68.2 Å². The van der Waals surface area contributed by atoms with E-state index in [0.29, 0.717) is 12.5 Å². The van der Waals surface area contributed by atoms with Crippen LogP contribution in [0.15, 0.2) is 0 Å². The predicted molar refractivity (Wildman–Crippen MR) is 78.0 cm³/mol. The largest absolute Gasteiger partial charge is 0.337 e. The maximum absolute atomic E-state index is 12.1. The van der Waals surface area contributed by atoms with Crippen molar-refractivity contribution < 1.29 is 4.79 Å². The molecule has 0 radical (unpaired) electrons. The van der Waals surface area contributed by atoms with Crippen molar-refractivity contribution in [1.29, 1.82) is 5.26 Å². The van der Waals surface area contributed by atoms with Crippen molar-refractivity contribution in [3.8, 4) is 6.07 Å². The number of nitrogens with one attached hydrogen (secondary N) is 2. The number of amides is 1. The normalized spacial score (nSPS) is 23.9. The number of hydrogen-bond acceptors (Lipinski definition) is 4. The van der Waals surface area contributed by atoms with Crippen LogP contribution in [0, 0.1) is 23.2 Å². The number of hydrogen-bond donors (Lipinski definition) is 2. The van der Waals surface area contributed by atoms with E-state index in [1.54, 1.807) is 0 Å². The molecule has 0 aromatic heterocycles. The number of nitrogens with zero attached hydrogens (tertiary/aromatic N) is 2. The summed E-state index contributed by atoms with van der Waals surface area (Å²) >= 11 is 0. The molecule has 0 aromatic rings. The van der Waals surface area contributed by atoms with E-state index in [2.05, 4.69) is 21.6 Å². The first-order valence-corrected chi connectivity index (χ1v) is 7.66. The molecule has 0 aromatic carbocycles. The summed E-state index contributed by atoms with van der Waals surface area (Å²) in [6, 6.07) is 2.27. The second-order valence-corrected chi connectivity index (χ2v) is 6.41. The van der Waals surface area contributed by atoms with E-state index in [4.69, 9.17) is 0 Å². The van der Waals surface area contributed by atoms with Gasteiger partial charge >= 0.3 is 0 Å². The molecule has 1 aliphatic heterocycles. The van der Waals surface area contributed by atoms with Gasteiger partial charge in [0.05, 0.1) is 12.6 Å². The Morgan fingerprint density at radius 2 is 2.00 bits per heavy atom. The zero-order valence-electron chi connectivity index (χ0n) is 12.6. The Kier molecular flexibility index (Phi) is 5.00. The Balaban J connectivity index is 1.74. The third-order valence-electron chi connectivity index (χ3n) is 4.59. The molecule has 1 aliphatic carbocycles. The van der Waals surface area contributed by atoms with E-state index in [1.807, 2.05) is 14.0 Å². The van der Waals surface area contributed by atoms with Crippen molar-refractivity contribution >= 4 is 5.91 Å². The molecule has 0 bridgehead atoms. The number of carbonyl (C=O) groups is 1. The molecule has 0 spiro atoms. The molecule has 5 nitrogen and oxygen atoms in total. The van der Waals surface area contributed by atoms with Gasteiger partial charge in [0.15, 0.2) is 0 Å². The molecule has 1 heterocycles. The zero-order chi connectivity index (χ0) is 14.6. The van der Waals surface area contributed by atoms with Crippen molar-refractivity contribution in [1.82, 2.24) is 15.5 Å². The lowest BCUT2D eigenvalue weighted by Crippen LogP contribution is -2.51. The van der Waals surface area contributed by atoms with Gasteiger partial charge in [-0.2, -0.15) is 5.26 Å². The Hall–Kier alpha value is -1.12. The van der Waals surface area contributed by atoms with Crippen LogP contribution >= 0.6 is 0 Å². The molecule has 1 unspecified atom stereocenters. The maximum Gasteiger partial charge on any atom is 0.235 e. The zero-order valence-corrected chi connectivity index (χ0v) is 12.6. The molecule has 1 amide bonds. The van der Waals surface area contributed by atoms with Gasteiger partial charge < -0.3 is 10.6 Å². The van der Waals surface area contributed by atoms with E-state index in [1.165, 1.54) is 0 Å². The maximum atomic E-state index is 12.1. The van der Waals surface area contributed by atoms with Gasteiger partial charge in [0.25, 0.3) is 0 Å². The highest BCUT2D eigenvalue weighted by Gasteiger charge is 2.43. The van der Waals surface area contributed by atoms with Gasteiger partial charge in [-0.15, -0.1) is 0 Å². The highest BCUT2D eigenvalue weighted by Crippen LogP contribution is 2.39. The summed E-state index contributed by atoms with van der Waals surface area (Å²) in [5, 5.41) is 15.4. The van der Waals surface area contributed by atoms with Crippen LogP contribution in [0.2, 0.25) is 0 Å². The molecule has 2 rings (SSSR count). The third-order valence-corrected chi connectivity index (χ3v) is 4.59. The van der Waals surface area contributed by atoms with E-state index in [9.17, 15) is 10.1 Å². The first-order chi connectivity index (χ1) is 9.57. The Morgan fingerprint density at radius 3 is 2.50 bits per heavy atom. The molecule has 5 heteroatoms. The Morgan fingerprint density at radius 1 is 1.35 bits per heavy atom. The van der Waals surface area contributed by atoms with Crippen LogP contribution in [-0.2, 0) is 4.79 Å². The molecular weight excluding hydrogens is 252 g/mol. The SMILES string of the molecule is CNCC1CCN(CC(=O)NC(C)(C#N)C2CC2)CC1. The lowest BCUT2D eigenvalue weighted by molar-refractivity contribution is -0.124. The lowest BCUT2D eigenvalue weighted by Gasteiger charge is -2.32. The van der Waals surface area contributed by atoms with Crippen LogP contribution in [0.4, 0.5) is 0 Å². The number of carbonyl (C=O) groups excluding carboxylic acids is 1. The molecule has 2 fully saturated rings. The van der Waals surface area contributed by atoms with Gasteiger partial charge in [0.2, 0.25) is 5.91 Å². The van der Waals surface area contributed by atoms with Gasteiger partial charge in [0.1, 0.15) is 5.54 Å². The van der Waals surface area contributed by atoms with Gasteiger partial charge in [0, 0.05) is 0 Å². The second-order valence-electron chi connectivity index (χ2n) is 6.41. The van der Waals surface area contributed by atoms with Crippen molar-refractivity contribution in [2.24, 2.45) is 11.8 Å². The van der Waals surface area contributed by atoms with E-state index < -0.39 is 5.54 Å². The minimum Gasteiger partial charge on any atom is -0.337 e. The summed E-state index contributed by atoms with van der Waals surface area (Å²) in [7, 11) is 1.99. The van der Waals surface area contributed by atoms with E-state index in [0.717, 1.165) is 51.2 Å². The average molecular weight is 278 g/mol. The third kappa shape index (κ3) is 3.94. The van der Waals surface area contributed by atoms with E-state index >= 15 is 0 Å². The molecule has 2 N–H and O–H groups in total. The predicted octanol–water partition coefficient (Wildman–Crippen LogP) is 0.726. The average Bonchev–Trinajstić information content (AvgIpc) is 3.26. The van der Waals surface area contributed by atoms with Gasteiger partial charge in [-0.3, -0.25) is 9.69 Å². The number of piperidine rings is 1. The molecule has 1 saturated heterocycles. The number of nitriles is 1.